The molecule has 0 atom stereocenters. The van der Waals surface area contributed by atoms with Crippen molar-refractivity contribution in [2.45, 2.75) is 27.0 Å². The minimum atomic E-state index is -0.353. The van der Waals surface area contributed by atoms with Crippen LogP contribution in [-0.4, -0.2) is 20.8 Å². The maximum atomic E-state index is 12.8. The van der Waals surface area contributed by atoms with E-state index in [-0.39, 0.29) is 24.9 Å². The number of nitrogens with zero attached hydrogens (tertiary/aromatic N) is 2. The Labute approximate surface area is 116 Å². The van der Waals surface area contributed by atoms with Crippen molar-refractivity contribution >= 4 is 11.6 Å². The Morgan fingerprint density at radius 2 is 2.00 bits per heavy atom. The highest BCUT2D eigenvalue weighted by Gasteiger charge is 2.13. The summed E-state index contributed by atoms with van der Waals surface area (Å²) in [4.78, 5) is 11.9. The Bertz CT molecular complexity index is 620. The van der Waals surface area contributed by atoms with Gasteiger partial charge >= 0.3 is 0 Å². The molecule has 2 aromatic rings. The SMILES string of the molecule is Cc1nn(CC(=O)Nc2ccc(F)cc2)c(C)c1CO. The average Bonchev–Trinajstić information content (AvgIpc) is 2.67. The number of aliphatic hydroxyl groups excluding tert-OH is 1. The van der Waals surface area contributed by atoms with Crippen molar-refractivity contribution in [1.29, 1.82) is 0 Å². The summed E-state index contributed by atoms with van der Waals surface area (Å²) in [5, 5.41) is 16.1. The van der Waals surface area contributed by atoms with E-state index in [0.29, 0.717) is 11.4 Å². The van der Waals surface area contributed by atoms with Crippen LogP contribution < -0.4 is 5.32 Å². The Kier molecular flexibility index (Phi) is 4.14. The minimum Gasteiger partial charge on any atom is -0.392 e. The molecule has 1 amide bonds. The summed E-state index contributed by atoms with van der Waals surface area (Å²) in [6.07, 6.45) is 0. The van der Waals surface area contributed by atoms with Gasteiger partial charge in [-0.3, -0.25) is 9.48 Å². The number of carbonyl (C=O) groups excluding carboxylic acids is 1. The van der Waals surface area contributed by atoms with Crippen molar-refractivity contribution in [3.63, 3.8) is 0 Å². The normalized spacial score (nSPS) is 10.6. The Morgan fingerprint density at radius 1 is 1.35 bits per heavy atom. The molecule has 5 nitrogen and oxygen atoms in total. The first-order valence-corrected chi connectivity index (χ1v) is 6.20. The lowest BCUT2D eigenvalue weighted by Gasteiger charge is -2.07. The number of hydrogen-bond acceptors (Lipinski definition) is 3. The highest BCUT2D eigenvalue weighted by molar-refractivity contribution is 5.90. The van der Waals surface area contributed by atoms with Gasteiger partial charge in [0.05, 0.1) is 12.3 Å². The molecular formula is C14H16FN3O2. The van der Waals surface area contributed by atoms with Crippen molar-refractivity contribution in [3.8, 4) is 0 Å². The molecule has 0 fully saturated rings. The van der Waals surface area contributed by atoms with E-state index in [1.807, 2.05) is 0 Å². The highest BCUT2D eigenvalue weighted by atomic mass is 19.1. The lowest BCUT2D eigenvalue weighted by Crippen LogP contribution is -2.20. The number of carbonyl (C=O) groups is 1. The molecule has 0 aliphatic rings. The van der Waals surface area contributed by atoms with Crippen LogP contribution in [0.2, 0.25) is 0 Å². The van der Waals surface area contributed by atoms with E-state index < -0.39 is 0 Å². The monoisotopic (exact) mass is 277 g/mol. The lowest BCUT2D eigenvalue weighted by molar-refractivity contribution is -0.116. The minimum absolute atomic E-state index is 0.0457. The van der Waals surface area contributed by atoms with E-state index in [1.165, 1.54) is 24.3 Å². The number of aliphatic hydroxyl groups is 1. The molecule has 0 saturated heterocycles. The molecule has 0 aliphatic carbocycles. The number of hydrogen-bond donors (Lipinski definition) is 2. The molecule has 0 spiro atoms. The summed E-state index contributed by atoms with van der Waals surface area (Å²) < 4.78 is 14.3. The van der Waals surface area contributed by atoms with Gasteiger partial charge in [-0.1, -0.05) is 0 Å². The molecule has 2 N–H and O–H groups in total. The maximum absolute atomic E-state index is 12.8. The molecule has 2 rings (SSSR count). The molecule has 106 valence electrons. The van der Waals surface area contributed by atoms with Gasteiger partial charge in [-0.25, -0.2) is 4.39 Å². The van der Waals surface area contributed by atoms with E-state index in [2.05, 4.69) is 10.4 Å². The fraction of sp³-hybridized carbons (Fsp3) is 0.286. The number of amides is 1. The topological polar surface area (TPSA) is 67.2 Å². The van der Waals surface area contributed by atoms with Crippen LogP contribution in [0, 0.1) is 19.7 Å². The Hall–Kier alpha value is -2.21. The number of aryl methyl sites for hydroxylation is 1. The van der Waals surface area contributed by atoms with Crippen LogP contribution in [0.15, 0.2) is 24.3 Å². The van der Waals surface area contributed by atoms with Gasteiger partial charge in [0.25, 0.3) is 0 Å². The first-order chi connectivity index (χ1) is 9.51. The predicted octanol–water partition coefficient (Wildman–Crippen LogP) is 1.77. The van der Waals surface area contributed by atoms with Crippen LogP contribution in [0.4, 0.5) is 10.1 Å². The number of halogens is 1. The number of anilines is 1. The Balaban J connectivity index is 2.06. The number of benzene rings is 1. The molecule has 6 heteroatoms. The number of nitrogens with one attached hydrogen (secondary N) is 1. The second-order valence-corrected chi connectivity index (χ2v) is 4.52. The van der Waals surface area contributed by atoms with Gasteiger partial charge < -0.3 is 10.4 Å². The van der Waals surface area contributed by atoms with Crippen molar-refractivity contribution in [2.75, 3.05) is 5.32 Å². The average molecular weight is 277 g/mol. The zero-order valence-electron chi connectivity index (χ0n) is 11.4. The van der Waals surface area contributed by atoms with E-state index in [0.717, 1.165) is 11.3 Å². The molecule has 0 saturated carbocycles. The first kappa shape index (κ1) is 14.2. The fourth-order valence-corrected chi connectivity index (χ4v) is 1.99. The van der Waals surface area contributed by atoms with Crippen LogP contribution in [-0.2, 0) is 17.9 Å². The van der Waals surface area contributed by atoms with E-state index in [1.54, 1.807) is 18.5 Å². The molecule has 0 aliphatic heterocycles. The predicted molar refractivity (Wildman–Crippen MR) is 72.7 cm³/mol. The van der Waals surface area contributed by atoms with Crippen molar-refractivity contribution in [3.05, 3.63) is 47.0 Å². The maximum Gasteiger partial charge on any atom is 0.246 e. The fourth-order valence-electron chi connectivity index (χ4n) is 1.99. The van der Waals surface area contributed by atoms with E-state index in [9.17, 15) is 14.3 Å². The second kappa shape index (κ2) is 5.83. The first-order valence-electron chi connectivity index (χ1n) is 6.20. The quantitative estimate of drug-likeness (QED) is 0.895. The zero-order chi connectivity index (χ0) is 14.7. The lowest BCUT2D eigenvalue weighted by atomic mass is 10.2. The zero-order valence-corrected chi connectivity index (χ0v) is 11.4. The highest BCUT2D eigenvalue weighted by Crippen LogP contribution is 2.13. The van der Waals surface area contributed by atoms with Gasteiger partial charge in [0.2, 0.25) is 5.91 Å². The van der Waals surface area contributed by atoms with Crippen molar-refractivity contribution < 1.29 is 14.3 Å². The van der Waals surface area contributed by atoms with Crippen LogP contribution in [0.1, 0.15) is 17.0 Å². The molecule has 1 aromatic carbocycles. The summed E-state index contributed by atoms with van der Waals surface area (Å²) >= 11 is 0. The third-order valence-electron chi connectivity index (χ3n) is 3.11. The summed E-state index contributed by atoms with van der Waals surface area (Å²) in [6.45, 7) is 3.53. The third kappa shape index (κ3) is 3.03. The van der Waals surface area contributed by atoms with Gasteiger partial charge in [0, 0.05) is 16.9 Å². The largest absolute Gasteiger partial charge is 0.392 e. The summed E-state index contributed by atoms with van der Waals surface area (Å²) in [6, 6.07) is 5.55. The van der Waals surface area contributed by atoms with Crippen LogP contribution in [0.3, 0.4) is 0 Å². The van der Waals surface area contributed by atoms with Crippen LogP contribution in [0.25, 0.3) is 0 Å². The molecule has 1 heterocycles. The van der Waals surface area contributed by atoms with Gasteiger partial charge in [0.15, 0.2) is 0 Å². The van der Waals surface area contributed by atoms with Gasteiger partial charge in [0.1, 0.15) is 12.4 Å². The molecule has 1 aromatic heterocycles. The Morgan fingerprint density at radius 3 is 2.55 bits per heavy atom. The van der Waals surface area contributed by atoms with Gasteiger partial charge in [-0.05, 0) is 38.1 Å². The van der Waals surface area contributed by atoms with Gasteiger partial charge in [-0.15, -0.1) is 0 Å². The van der Waals surface area contributed by atoms with Crippen molar-refractivity contribution in [1.82, 2.24) is 9.78 Å². The summed E-state index contributed by atoms with van der Waals surface area (Å²) in [5.74, 6) is -0.610. The van der Waals surface area contributed by atoms with Crippen molar-refractivity contribution in [2.24, 2.45) is 0 Å². The molecular weight excluding hydrogens is 261 g/mol. The van der Waals surface area contributed by atoms with Crippen LogP contribution >= 0.6 is 0 Å². The molecule has 20 heavy (non-hydrogen) atoms. The molecule has 0 unspecified atom stereocenters. The smallest absolute Gasteiger partial charge is 0.246 e. The summed E-state index contributed by atoms with van der Waals surface area (Å²) in [7, 11) is 0. The molecule has 0 bridgehead atoms. The number of aromatic nitrogens is 2. The third-order valence-corrected chi connectivity index (χ3v) is 3.11. The van der Waals surface area contributed by atoms with E-state index in [4.69, 9.17) is 0 Å². The second-order valence-electron chi connectivity index (χ2n) is 4.52. The summed E-state index contributed by atoms with van der Waals surface area (Å²) in [5.41, 5.74) is 2.73. The van der Waals surface area contributed by atoms with Gasteiger partial charge in [-0.2, -0.15) is 5.10 Å². The van der Waals surface area contributed by atoms with Crippen LogP contribution in [0.5, 0.6) is 0 Å². The molecule has 0 radical (unpaired) electrons. The number of rotatable bonds is 4. The van der Waals surface area contributed by atoms with E-state index >= 15 is 0 Å². The standard InChI is InChI=1S/C14H16FN3O2/c1-9-13(8-19)10(2)18(17-9)7-14(20)16-12-5-3-11(15)4-6-12/h3-6,19H,7-8H2,1-2H3,(H,16,20).